The number of benzene rings is 1. The Morgan fingerprint density at radius 3 is 2.50 bits per heavy atom. The van der Waals surface area contributed by atoms with Crippen LogP contribution in [-0.4, -0.2) is 41.3 Å². The molecule has 1 saturated carbocycles. The highest BCUT2D eigenvalue weighted by Gasteiger charge is 2.32. The molecular formula is C16H24N2O2. The molecule has 110 valence electrons. The van der Waals surface area contributed by atoms with Gasteiger partial charge in [0.2, 0.25) is 0 Å². The van der Waals surface area contributed by atoms with E-state index in [1.807, 2.05) is 6.07 Å². The molecular weight excluding hydrogens is 252 g/mol. The molecule has 0 unspecified atom stereocenters. The highest BCUT2D eigenvalue weighted by molar-refractivity contribution is 5.74. The summed E-state index contributed by atoms with van der Waals surface area (Å²) in [6.45, 7) is 3.73. The van der Waals surface area contributed by atoms with Gasteiger partial charge in [-0.25, -0.2) is 4.79 Å². The highest BCUT2D eigenvalue weighted by atomic mass is 16.3. The molecule has 4 heteroatoms. The predicted molar refractivity (Wildman–Crippen MR) is 79.7 cm³/mol. The van der Waals surface area contributed by atoms with E-state index in [4.69, 9.17) is 0 Å². The number of nitrogens with zero attached hydrogens (tertiary/aromatic N) is 1. The van der Waals surface area contributed by atoms with E-state index in [1.54, 1.807) is 20.9 Å². The number of carbonyl (C=O) groups is 1. The summed E-state index contributed by atoms with van der Waals surface area (Å²) < 4.78 is 0. The van der Waals surface area contributed by atoms with Crippen LogP contribution in [0.15, 0.2) is 30.3 Å². The summed E-state index contributed by atoms with van der Waals surface area (Å²) in [6.07, 6.45) is 1.98. The first kappa shape index (κ1) is 14.9. The lowest BCUT2D eigenvalue weighted by Gasteiger charge is -2.37. The number of rotatable bonds is 4. The molecule has 2 rings (SSSR count). The van der Waals surface area contributed by atoms with Gasteiger partial charge in [0.25, 0.3) is 0 Å². The van der Waals surface area contributed by atoms with Crippen molar-refractivity contribution in [1.82, 2.24) is 10.2 Å². The largest absolute Gasteiger partial charge is 0.389 e. The summed E-state index contributed by atoms with van der Waals surface area (Å²) in [6, 6.07) is 10.6. The van der Waals surface area contributed by atoms with Crippen LogP contribution in [0.2, 0.25) is 0 Å². The molecule has 1 fully saturated rings. The highest BCUT2D eigenvalue weighted by Crippen LogP contribution is 2.36. The van der Waals surface area contributed by atoms with E-state index < -0.39 is 5.60 Å². The lowest BCUT2D eigenvalue weighted by Crippen LogP contribution is -2.50. The Labute approximate surface area is 120 Å². The molecule has 1 aromatic rings. The fraction of sp³-hybridized carbons (Fsp3) is 0.562. The molecule has 0 heterocycles. The third-order valence-corrected chi connectivity index (χ3v) is 3.71. The zero-order valence-electron chi connectivity index (χ0n) is 12.5. The summed E-state index contributed by atoms with van der Waals surface area (Å²) >= 11 is 0. The van der Waals surface area contributed by atoms with Crippen LogP contribution < -0.4 is 5.32 Å². The molecule has 0 atom stereocenters. The number of urea groups is 1. The Bertz CT molecular complexity index is 447. The average molecular weight is 276 g/mol. The van der Waals surface area contributed by atoms with Gasteiger partial charge in [0.15, 0.2) is 0 Å². The lowest BCUT2D eigenvalue weighted by atomic mass is 9.76. The molecule has 1 aliphatic carbocycles. The number of carbonyl (C=O) groups excluding carboxylic acids is 1. The number of hydrogen-bond acceptors (Lipinski definition) is 2. The minimum atomic E-state index is -0.863. The van der Waals surface area contributed by atoms with Crippen molar-refractivity contribution >= 4 is 6.03 Å². The molecule has 0 saturated heterocycles. The maximum Gasteiger partial charge on any atom is 0.317 e. The molecule has 0 radical (unpaired) electrons. The Hall–Kier alpha value is -1.55. The van der Waals surface area contributed by atoms with E-state index in [0.29, 0.717) is 12.5 Å². The minimum Gasteiger partial charge on any atom is -0.389 e. The number of likely N-dealkylation sites (N-methyl/N-ethyl adjacent to an activating group) is 1. The number of amides is 2. The van der Waals surface area contributed by atoms with Gasteiger partial charge in [0.1, 0.15) is 0 Å². The van der Waals surface area contributed by atoms with Gasteiger partial charge >= 0.3 is 6.03 Å². The fourth-order valence-electron chi connectivity index (χ4n) is 2.67. The molecule has 2 amide bonds. The number of aliphatic hydroxyl groups is 1. The van der Waals surface area contributed by atoms with Crippen molar-refractivity contribution in [3.63, 3.8) is 0 Å². The summed E-state index contributed by atoms with van der Waals surface area (Å²) in [7, 11) is 1.71. The Balaban J connectivity index is 1.76. The van der Waals surface area contributed by atoms with Crippen LogP contribution in [0.1, 0.15) is 38.2 Å². The Kier molecular flexibility index (Phi) is 4.33. The van der Waals surface area contributed by atoms with E-state index in [1.165, 1.54) is 10.5 Å². The molecule has 0 aliphatic heterocycles. The van der Waals surface area contributed by atoms with Crippen LogP contribution in [0.5, 0.6) is 0 Å². The fourth-order valence-corrected chi connectivity index (χ4v) is 2.67. The van der Waals surface area contributed by atoms with E-state index >= 15 is 0 Å². The minimum absolute atomic E-state index is 0.108. The second-order valence-electron chi connectivity index (χ2n) is 6.39. The van der Waals surface area contributed by atoms with E-state index in [9.17, 15) is 9.90 Å². The van der Waals surface area contributed by atoms with Gasteiger partial charge in [-0.1, -0.05) is 30.3 Å². The Morgan fingerprint density at radius 1 is 1.35 bits per heavy atom. The second-order valence-corrected chi connectivity index (χ2v) is 6.39. The van der Waals surface area contributed by atoms with Crippen molar-refractivity contribution in [2.24, 2.45) is 0 Å². The smallest absolute Gasteiger partial charge is 0.317 e. The SMILES string of the molecule is CN(CC(C)(C)O)C(=O)NC1CC(c2ccccc2)C1. The van der Waals surface area contributed by atoms with Gasteiger partial charge in [-0.2, -0.15) is 0 Å². The first-order chi connectivity index (χ1) is 9.35. The van der Waals surface area contributed by atoms with Crippen LogP contribution in [0.4, 0.5) is 4.79 Å². The first-order valence-electron chi connectivity index (χ1n) is 7.14. The van der Waals surface area contributed by atoms with E-state index in [2.05, 4.69) is 29.6 Å². The summed E-state index contributed by atoms with van der Waals surface area (Å²) in [5.74, 6) is 0.557. The van der Waals surface area contributed by atoms with E-state index in [-0.39, 0.29) is 12.1 Å². The van der Waals surface area contributed by atoms with Gasteiger partial charge < -0.3 is 15.3 Å². The maximum atomic E-state index is 12.0. The maximum absolute atomic E-state index is 12.0. The zero-order valence-corrected chi connectivity index (χ0v) is 12.5. The van der Waals surface area contributed by atoms with Crippen LogP contribution >= 0.6 is 0 Å². The molecule has 2 N–H and O–H groups in total. The quantitative estimate of drug-likeness (QED) is 0.887. The molecule has 4 nitrogen and oxygen atoms in total. The lowest BCUT2D eigenvalue weighted by molar-refractivity contribution is 0.0521. The van der Waals surface area contributed by atoms with E-state index in [0.717, 1.165) is 12.8 Å². The van der Waals surface area contributed by atoms with Crippen molar-refractivity contribution in [2.75, 3.05) is 13.6 Å². The normalized spacial score (nSPS) is 22.0. The van der Waals surface area contributed by atoms with Crippen molar-refractivity contribution in [1.29, 1.82) is 0 Å². The van der Waals surface area contributed by atoms with Crippen molar-refractivity contribution in [3.8, 4) is 0 Å². The molecule has 0 bridgehead atoms. The second kappa shape index (κ2) is 5.83. The molecule has 0 aromatic heterocycles. The monoisotopic (exact) mass is 276 g/mol. The van der Waals surface area contributed by atoms with Gasteiger partial charge in [-0.05, 0) is 38.2 Å². The van der Waals surface area contributed by atoms with Crippen LogP contribution in [-0.2, 0) is 0 Å². The van der Waals surface area contributed by atoms with Gasteiger partial charge in [-0.3, -0.25) is 0 Å². The summed E-state index contributed by atoms with van der Waals surface area (Å²) in [5, 5.41) is 12.7. The van der Waals surface area contributed by atoms with Crippen molar-refractivity contribution in [2.45, 2.75) is 44.2 Å². The molecule has 0 spiro atoms. The third kappa shape index (κ3) is 3.97. The third-order valence-electron chi connectivity index (χ3n) is 3.71. The van der Waals surface area contributed by atoms with Gasteiger partial charge in [0.05, 0.1) is 12.1 Å². The van der Waals surface area contributed by atoms with Crippen LogP contribution in [0.25, 0.3) is 0 Å². The summed E-state index contributed by atoms with van der Waals surface area (Å²) in [5.41, 5.74) is 0.487. The van der Waals surface area contributed by atoms with Crippen LogP contribution in [0, 0.1) is 0 Å². The summed E-state index contributed by atoms with van der Waals surface area (Å²) in [4.78, 5) is 13.5. The number of nitrogens with one attached hydrogen (secondary N) is 1. The van der Waals surface area contributed by atoms with Crippen molar-refractivity contribution < 1.29 is 9.90 Å². The molecule has 1 aromatic carbocycles. The number of hydrogen-bond donors (Lipinski definition) is 2. The van der Waals surface area contributed by atoms with Gasteiger partial charge in [0, 0.05) is 13.1 Å². The average Bonchev–Trinajstić information content (AvgIpc) is 2.31. The first-order valence-corrected chi connectivity index (χ1v) is 7.14. The Morgan fingerprint density at radius 2 is 1.95 bits per heavy atom. The van der Waals surface area contributed by atoms with Gasteiger partial charge in [-0.15, -0.1) is 0 Å². The van der Waals surface area contributed by atoms with Crippen LogP contribution in [0.3, 0.4) is 0 Å². The standard InChI is InChI=1S/C16H24N2O2/c1-16(2,20)11-18(3)15(19)17-14-9-13(10-14)12-7-5-4-6-8-12/h4-8,13-14,20H,9-11H2,1-3H3,(H,17,19). The zero-order chi connectivity index (χ0) is 14.8. The predicted octanol–water partition coefficient (Wildman–Crippen LogP) is 2.34. The topological polar surface area (TPSA) is 52.6 Å². The molecule has 1 aliphatic rings. The van der Waals surface area contributed by atoms with Crippen molar-refractivity contribution in [3.05, 3.63) is 35.9 Å². The molecule has 20 heavy (non-hydrogen) atoms.